The van der Waals surface area contributed by atoms with E-state index in [0.29, 0.717) is 22.8 Å². The van der Waals surface area contributed by atoms with E-state index in [4.69, 9.17) is 0 Å². The molecular formula is C24H24N6O3S. The molecule has 0 aliphatic heterocycles. The SMILES string of the molecule is Cc1cc(NS(=O)(=O)c2ccc(NC(=O)c3ccc(-n4nc(C)cc4C)cc3)cc2)nc(C)n1. The number of carbonyl (C=O) groups excluding carboxylic acids is 1. The van der Waals surface area contributed by atoms with E-state index in [1.807, 2.05) is 36.7 Å². The molecule has 0 atom stereocenters. The zero-order chi connectivity index (χ0) is 24.5. The molecule has 1 amide bonds. The molecule has 2 aromatic carbocycles. The summed E-state index contributed by atoms with van der Waals surface area (Å²) in [6.45, 7) is 7.34. The molecule has 0 bridgehead atoms. The number of carbonyl (C=O) groups is 1. The van der Waals surface area contributed by atoms with Gasteiger partial charge in [-0.05, 0) is 82.3 Å². The lowest BCUT2D eigenvalue weighted by atomic mass is 10.2. The number of rotatable bonds is 6. The lowest BCUT2D eigenvalue weighted by Crippen LogP contribution is -2.15. The molecule has 0 radical (unpaired) electrons. The molecule has 2 N–H and O–H groups in total. The van der Waals surface area contributed by atoms with Gasteiger partial charge in [-0.1, -0.05) is 0 Å². The van der Waals surface area contributed by atoms with Gasteiger partial charge in [0.2, 0.25) is 0 Å². The van der Waals surface area contributed by atoms with E-state index in [2.05, 4.69) is 25.1 Å². The summed E-state index contributed by atoms with van der Waals surface area (Å²) in [5.41, 5.74) is 4.38. The summed E-state index contributed by atoms with van der Waals surface area (Å²) in [6, 6.07) is 16.5. The van der Waals surface area contributed by atoms with E-state index in [1.165, 1.54) is 24.3 Å². The average molecular weight is 477 g/mol. The molecule has 2 heterocycles. The van der Waals surface area contributed by atoms with Crippen LogP contribution in [0.1, 0.15) is 33.3 Å². The number of nitrogens with zero attached hydrogens (tertiary/aromatic N) is 4. The normalized spacial score (nSPS) is 11.3. The number of amides is 1. The van der Waals surface area contributed by atoms with Crippen molar-refractivity contribution in [3.05, 3.63) is 89.1 Å². The van der Waals surface area contributed by atoms with Gasteiger partial charge in [0.15, 0.2) is 0 Å². The maximum absolute atomic E-state index is 12.7. The van der Waals surface area contributed by atoms with Crippen molar-refractivity contribution in [2.24, 2.45) is 0 Å². The second-order valence-corrected chi connectivity index (χ2v) is 9.59. The van der Waals surface area contributed by atoms with Gasteiger partial charge in [-0.15, -0.1) is 0 Å². The van der Waals surface area contributed by atoms with E-state index >= 15 is 0 Å². The van der Waals surface area contributed by atoms with Crippen molar-refractivity contribution in [3.63, 3.8) is 0 Å². The Morgan fingerprint density at radius 1 is 0.853 bits per heavy atom. The summed E-state index contributed by atoms with van der Waals surface area (Å²) in [5, 5.41) is 7.22. The molecule has 0 aliphatic carbocycles. The van der Waals surface area contributed by atoms with Crippen LogP contribution in [0.4, 0.5) is 11.5 Å². The first-order valence-corrected chi connectivity index (χ1v) is 12.0. The summed E-state index contributed by atoms with van der Waals surface area (Å²) in [4.78, 5) is 20.9. The molecule has 4 aromatic rings. The fourth-order valence-corrected chi connectivity index (χ4v) is 4.52. The van der Waals surface area contributed by atoms with Crippen LogP contribution in [-0.4, -0.2) is 34.1 Å². The van der Waals surface area contributed by atoms with Gasteiger partial charge in [0.1, 0.15) is 11.6 Å². The number of benzene rings is 2. The first-order valence-electron chi connectivity index (χ1n) is 10.5. The van der Waals surface area contributed by atoms with Crippen molar-refractivity contribution in [2.45, 2.75) is 32.6 Å². The Morgan fingerprint density at radius 3 is 2.12 bits per heavy atom. The smallest absolute Gasteiger partial charge is 0.263 e. The van der Waals surface area contributed by atoms with Crippen LogP contribution in [0.3, 0.4) is 0 Å². The molecule has 0 saturated heterocycles. The van der Waals surface area contributed by atoms with Crippen molar-refractivity contribution in [2.75, 3.05) is 10.0 Å². The van der Waals surface area contributed by atoms with Crippen LogP contribution >= 0.6 is 0 Å². The fourth-order valence-electron chi connectivity index (χ4n) is 3.53. The van der Waals surface area contributed by atoms with Crippen molar-refractivity contribution in [1.29, 1.82) is 0 Å². The first kappa shape index (κ1) is 23.1. The third-order valence-corrected chi connectivity index (χ3v) is 6.38. The number of anilines is 2. The summed E-state index contributed by atoms with van der Waals surface area (Å²) < 4.78 is 29.6. The third-order valence-electron chi connectivity index (χ3n) is 5.01. The van der Waals surface area contributed by atoms with Crippen LogP contribution in [0.25, 0.3) is 5.69 Å². The quantitative estimate of drug-likeness (QED) is 0.435. The Labute approximate surface area is 197 Å². The summed E-state index contributed by atoms with van der Waals surface area (Å²) in [5.74, 6) is 0.366. The molecule has 0 spiro atoms. The molecule has 174 valence electrons. The zero-order valence-electron chi connectivity index (χ0n) is 19.2. The summed E-state index contributed by atoms with van der Waals surface area (Å²) in [6.07, 6.45) is 0. The minimum Gasteiger partial charge on any atom is -0.322 e. The molecule has 4 rings (SSSR count). The number of aryl methyl sites for hydroxylation is 4. The van der Waals surface area contributed by atoms with Crippen LogP contribution in [0.2, 0.25) is 0 Å². The van der Waals surface area contributed by atoms with Gasteiger partial charge < -0.3 is 5.32 Å². The maximum Gasteiger partial charge on any atom is 0.263 e. The van der Waals surface area contributed by atoms with Crippen LogP contribution < -0.4 is 10.0 Å². The van der Waals surface area contributed by atoms with E-state index < -0.39 is 10.0 Å². The standard InChI is InChI=1S/C24H24N6O3S/c1-15-14-23(26-18(4)25-15)29-34(32,33)22-11-7-20(8-12-22)27-24(31)19-5-9-21(10-6-19)30-17(3)13-16(2)28-30/h5-14H,1-4H3,(H,27,31)(H,25,26,29). The molecule has 0 saturated carbocycles. The summed E-state index contributed by atoms with van der Waals surface area (Å²) >= 11 is 0. The lowest BCUT2D eigenvalue weighted by molar-refractivity contribution is 0.102. The number of sulfonamides is 1. The maximum atomic E-state index is 12.7. The molecule has 34 heavy (non-hydrogen) atoms. The largest absolute Gasteiger partial charge is 0.322 e. The topological polar surface area (TPSA) is 119 Å². The van der Waals surface area contributed by atoms with Crippen LogP contribution in [-0.2, 0) is 10.0 Å². The Hall–Kier alpha value is -4.05. The van der Waals surface area contributed by atoms with Crippen LogP contribution in [0.5, 0.6) is 0 Å². The lowest BCUT2D eigenvalue weighted by Gasteiger charge is -2.10. The minimum atomic E-state index is -3.84. The Kier molecular flexibility index (Phi) is 6.16. The Morgan fingerprint density at radius 2 is 1.53 bits per heavy atom. The highest BCUT2D eigenvalue weighted by atomic mass is 32.2. The van der Waals surface area contributed by atoms with Crippen molar-refractivity contribution < 1.29 is 13.2 Å². The van der Waals surface area contributed by atoms with E-state index in [9.17, 15) is 13.2 Å². The van der Waals surface area contributed by atoms with Gasteiger partial charge in [0.05, 0.1) is 16.3 Å². The Balaban J connectivity index is 1.44. The van der Waals surface area contributed by atoms with E-state index in [1.54, 1.807) is 32.0 Å². The van der Waals surface area contributed by atoms with E-state index in [-0.39, 0.29) is 16.6 Å². The Bertz CT molecular complexity index is 1440. The monoisotopic (exact) mass is 476 g/mol. The molecule has 0 unspecified atom stereocenters. The van der Waals surface area contributed by atoms with Crippen LogP contribution in [0.15, 0.2) is 65.6 Å². The highest BCUT2D eigenvalue weighted by Crippen LogP contribution is 2.19. The second-order valence-electron chi connectivity index (χ2n) is 7.91. The van der Waals surface area contributed by atoms with Gasteiger partial charge >= 0.3 is 0 Å². The molecule has 9 nitrogen and oxygen atoms in total. The predicted molar refractivity (Wildman–Crippen MR) is 130 cm³/mol. The predicted octanol–water partition coefficient (Wildman–Crippen LogP) is 3.95. The number of hydrogen-bond acceptors (Lipinski definition) is 6. The highest BCUT2D eigenvalue weighted by Gasteiger charge is 2.16. The second kappa shape index (κ2) is 9.06. The fraction of sp³-hybridized carbons (Fsp3) is 0.167. The van der Waals surface area contributed by atoms with Gasteiger partial charge in [-0.2, -0.15) is 5.10 Å². The van der Waals surface area contributed by atoms with Crippen molar-refractivity contribution in [1.82, 2.24) is 19.7 Å². The third kappa shape index (κ3) is 5.12. The first-order chi connectivity index (χ1) is 16.1. The highest BCUT2D eigenvalue weighted by molar-refractivity contribution is 7.92. The number of nitrogens with one attached hydrogen (secondary N) is 2. The molecule has 2 aromatic heterocycles. The molecule has 0 fully saturated rings. The average Bonchev–Trinajstić information content (AvgIpc) is 3.11. The number of hydrogen-bond donors (Lipinski definition) is 2. The van der Waals surface area contributed by atoms with Gasteiger partial charge in [-0.25, -0.2) is 23.1 Å². The van der Waals surface area contributed by atoms with Crippen molar-refractivity contribution in [3.8, 4) is 5.69 Å². The van der Waals surface area contributed by atoms with Crippen LogP contribution in [0, 0.1) is 27.7 Å². The number of aromatic nitrogens is 4. The molecule has 10 heteroatoms. The summed E-state index contributed by atoms with van der Waals surface area (Å²) in [7, 11) is -3.84. The molecular weight excluding hydrogens is 452 g/mol. The van der Waals surface area contributed by atoms with Crippen molar-refractivity contribution >= 4 is 27.4 Å². The van der Waals surface area contributed by atoms with Gasteiger partial charge in [0.25, 0.3) is 15.9 Å². The molecule has 0 aliphatic rings. The van der Waals surface area contributed by atoms with E-state index in [0.717, 1.165) is 17.1 Å². The zero-order valence-corrected chi connectivity index (χ0v) is 20.0. The van der Waals surface area contributed by atoms with Gasteiger partial charge in [-0.3, -0.25) is 9.52 Å². The minimum absolute atomic E-state index is 0.0497. The van der Waals surface area contributed by atoms with Gasteiger partial charge in [0, 0.05) is 28.7 Å².